The summed E-state index contributed by atoms with van der Waals surface area (Å²) in [5.41, 5.74) is 3.48. The Labute approximate surface area is 145 Å². The van der Waals surface area contributed by atoms with Gasteiger partial charge in [-0.3, -0.25) is 9.59 Å². The van der Waals surface area contributed by atoms with Crippen LogP contribution in [0.3, 0.4) is 0 Å². The van der Waals surface area contributed by atoms with Crippen molar-refractivity contribution in [3.63, 3.8) is 0 Å². The van der Waals surface area contributed by atoms with Crippen LogP contribution in [0, 0.1) is 6.92 Å². The SMILES string of the molecule is CCn1cc(C(=O)N2CCc3ccccc32)c(=O)c2ccc(C)nc21. The van der Waals surface area contributed by atoms with Crippen LogP contribution in [-0.4, -0.2) is 22.0 Å². The molecule has 0 spiro atoms. The fourth-order valence-corrected chi connectivity index (χ4v) is 3.45. The number of aryl methyl sites for hydroxylation is 2. The Bertz CT molecular complexity index is 1050. The van der Waals surface area contributed by atoms with Crippen LogP contribution in [-0.2, 0) is 13.0 Å². The summed E-state index contributed by atoms with van der Waals surface area (Å²) in [5, 5.41) is 0.491. The summed E-state index contributed by atoms with van der Waals surface area (Å²) in [4.78, 5) is 32.2. The van der Waals surface area contributed by atoms with Gasteiger partial charge in [-0.15, -0.1) is 0 Å². The van der Waals surface area contributed by atoms with Crippen LogP contribution < -0.4 is 10.3 Å². The summed E-state index contributed by atoms with van der Waals surface area (Å²) >= 11 is 0. The third-order valence-corrected chi connectivity index (χ3v) is 4.76. The van der Waals surface area contributed by atoms with Gasteiger partial charge in [-0.05, 0) is 44.0 Å². The average molecular weight is 333 g/mol. The van der Waals surface area contributed by atoms with Crippen LogP contribution in [0.4, 0.5) is 5.69 Å². The molecular weight excluding hydrogens is 314 g/mol. The molecule has 0 aliphatic carbocycles. The number of para-hydroxylation sites is 1. The molecule has 5 nitrogen and oxygen atoms in total. The highest BCUT2D eigenvalue weighted by Gasteiger charge is 2.27. The summed E-state index contributed by atoms with van der Waals surface area (Å²) in [6.07, 6.45) is 2.47. The molecule has 5 heteroatoms. The molecule has 1 amide bonds. The van der Waals surface area contributed by atoms with Gasteiger partial charge in [0.25, 0.3) is 5.91 Å². The first kappa shape index (κ1) is 15.6. The standard InChI is InChI=1S/C20H19N3O2/c1-3-22-12-16(18(24)15-9-8-13(2)21-19(15)22)20(25)23-11-10-14-6-4-5-7-17(14)23/h4-9,12H,3,10-11H2,1-2H3. The third kappa shape index (κ3) is 2.43. The Morgan fingerprint density at radius 2 is 2.00 bits per heavy atom. The lowest BCUT2D eigenvalue weighted by atomic mass is 10.1. The topological polar surface area (TPSA) is 55.2 Å². The van der Waals surface area contributed by atoms with Crippen LogP contribution in [0.2, 0.25) is 0 Å². The van der Waals surface area contributed by atoms with E-state index in [1.54, 1.807) is 17.2 Å². The molecular formula is C20H19N3O2. The van der Waals surface area contributed by atoms with Crippen LogP contribution in [0.5, 0.6) is 0 Å². The predicted molar refractivity (Wildman–Crippen MR) is 98.2 cm³/mol. The summed E-state index contributed by atoms with van der Waals surface area (Å²) in [6.45, 7) is 5.12. The molecule has 126 valence electrons. The van der Waals surface area contributed by atoms with E-state index in [2.05, 4.69) is 4.98 Å². The molecule has 1 aromatic carbocycles. The van der Waals surface area contributed by atoms with Crippen LogP contribution in [0.15, 0.2) is 47.4 Å². The van der Waals surface area contributed by atoms with Gasteiger partial charge in [-0.1, -0.05) is 18.2 Å². The molecule has 0 bridgehead atoms. The number of rotatable bonds is 2. The van der Waals surface area contributed by atoms with Gasteiger partial charge in [-0.25, -0.2) is 4.98 Å². The third-order valence-electron chi connectivity index (χ3n) is 4.76. The normalized spacial score (nSPS) is 13.3. The van der Waals surface area contributed by atoms with Crippen molar-refractivity contribution >= 4 is 22.6 Å². The van der Waals surface area contributed by atoms with E-state index in [0.717, 1.165) is 23.4 Å². The number of fused-ring (bicyclic) bond motifs is 2. The lowest BCUT2D eigenvalue weighted by Gasteiger charge is -2.18. The number of pyridine rings is 2. The maximum Gasteiger partial charge on any atom is 0.263 e. The average Bonchev–Trinajstić information content (AvgIpc) is 3.05. The molecule has 0 saturated carbocycles. The number of hydrogen-bond acceptors (Lipinski definition) is 3. The fourth-order valence-electron chi connectivity index (χ4n) is 3.45. The van der Waals surface area contributed by atoms with E-state index in [1.165, 1.54) is 0 Å². The Hall–Kier alpha value is -2.95. The van der Waals surface area contributed by atoms with Crippen molar-refractivity contribution in [1.29, 1.82) is 0 Å². The summed E-state index contributed by atoms with van der Waals surface area (Å²) in [7, 11) is 0. The van der Waals surface area contributed by atoms with Crippen molar-refractivity contribution in [3.05, 3.63) is 69.6 Å². The van der Waals surface area contributed by atoms with E-state index in [4.69, 9.17) is 0 Å². The molecule has 4 rings (SSSR count). The number of amides is 1. The molecule has 3 aromatic rings. The second kappa shape index (κ2) is 5.84. The molecule has 1 aliphatic rings. The number of aromatic nitrogens is 2. The van der Waals surface area contributed by atoms with Crippen molar-refractivity contribution in [2.75, 3.05) is 11.4 Å². The van der Waals surface area contributed by atoms with E-state index >= 15 is 0 Å². The molecule has 3 heterocycles. The molecule has 25 heavy (non-hydrogen) atoms. The lowest BCUT2D eigenvalue weighted by Crippen LogP contribution is -2.33. The summed E-state index contributed by atoms with van der Waals surface area (Å²) in [5.74, 6) is -0.236. The number of anilines is 1. The molecule has 0 N–H and O–H groups in total. The van der Waals surface area contributed by atoms with Gasteiger partial charge < -0.3 is 9.47 Å². The van der Waals surface area contributed by atoms with Crippen LogP contribution >= 0.6 is 0 Å². The zero-order valence-electron chi connectivity index (χ0n) is 14.3. The van der Waals surface area contributed by atoms with Gasteiger partial charge in [0.2, 0.25) is 5.43 Å². The van der Waals surface area contributed by atoms with Gasteiger partial charge >= 0.3 is 0 Å². The van der Waals surface area contributed by atoms with E-state index in [-0.39, 0.29) is 16.9 Å². The highest BCUT2D eigenvalue weighted by Crippen LogP contribution is 2.28. The van der Waals surface area contributed by atoms with Gasteiger partial charge in [0, 0.05) is 30.7 Å². The molecule has 0 unspecified atom stereocenters. The first-order chi connectivity index (χ1) is 12.1. The number of hydrogen-bond donors (Lipinski definition) is 0. The quantitative estimate of drug-likeness (QED) is 0.724. The minimum absolute atomic E-state index is 0.205. The monoisotopic (exact) mass is 333 g/mol. The van der Waals surface area contributed by atoms with Gasteiger partial charge in [0.15, 0.2) is 0 Å². The number of nitrogens with zero attached hydrogens (tertiary/aromatic N) is 3. The molecule has 0 fully saturated rings. The Morgan fingerprint density at radius 3 is 2.80 bits per heavy atom. The fraction of sp³-hybridized carbons (Fsp3) is 0.250. The molecule has 2 aromatic heterocycles. The molecule has 0 radical (unpaired) electrons. The number of carbonyl (C=O) groups is 1. The van der Waals surface area contributed by atoms with Crippen molar-refractivity contribution < 1.29 is 4.79 Å². The summed E-state index contributed by atoms with van der Waals surface area (Å²) < 4.78 is 1.87. The second-order valence-electron chi connectivity index (χ2n) is 6.32. The summed E-state index contributed by atoms with van der Waals surface area (Å²) in [6, 6.07) is 11.4. The zero-order valence-corrected chi connectivity index (χ0v) is 14.3. The van der Waals surface area contributed by atoms with E-state index < -0.39 is 0 Å². The van der Waals surface area contributed by atoms with Crippen molar-refractivity contribution in [3.8, 4) is 0 Å². The highest BCUT2D eigenvalue weighted by atomic mass is 16.2. The van der Waals surface area contributed by atoms with Crippen molar-refractivity contribution in [1.82, 2.24) is 9.55 Å². The first-order valence-electron chi connectivity index (χ1n) is 8.50. The van der Waals surface area contributed by atoms with Gasteiger partial charge in [-0.2, -0.15) is 0 Å². The Kier molecular flexibility index (Phi) is 3.64. The maximum atomic E-state index is 13.1. The predicted octanol–water partition coefficient (Wildman–Crippen LogP) is 2.93. The Morgan fingerprint density at radius 1 is 1.20 bits per heavy atom. The number of benzene rings is 1. The van der Waals surface area contributed by atoms with Crippen LogP contribution in [0.1, 0.15) is 28.5 Å². The van der Waals surface area contributed by atoms with Gasteiger partial charge in [0.05, 0.1) is 5.39 Å². The lowest BCUT2D eigenvalue weighted by molar-refractivity contribution is 0.0988. The molecule has 1 aliphatic heterocycles. The maximum absolute atomic E-state index is 13.1. The van der Waals surface area contributed by atoms with E-state index in [1.807, 2.05) is 48.7 Å². The second-order valence-corrected chi connectivity index (χ2v) is 6.32. The first-order valence-corrected chi connectivity index (χ1v) is 8.50. The van der Waals surface area contributed by atoms with Gasteiger partial charge in [0.1, 0.15) is 11.2 Å². The molecule has 0 atom stereocenters. The van der Waals surface area contributed by atoms with Crippen LogP contribution in [0.25, 0.3) is 11.0 Å². The zero-order chi connectivity index (χ0) is 17.6. The molecule has 0 saturated heterocycles. The highest BCUT2D eigenvalue weighted by molar-refractivity contribution is 6.08. The van der Waals surface area contributed by atoms with Crippen molar-refractivity contribution in [2.24, 2.45) is 0 Å². The number of carbonyl (C=O) groups excluding carboxylic acids is 1. The minimum Gasteiger partial charge on any atom is -0.332 e. The van der Waals surface area contributed by atoms with Crippen molar-refractivity contribution in [2.45, 2.75) is 26.8 Å². The minimum atomic E-state index is -0.249. The van der Waals surface area contributed by atoms with E-state index in [0.29, 0.717) is 24.1 Å². The Balaban J connectivity index is 1.87. The smallest absolute Gasteiger partial charge is 0.263 e. The largest absolute Gasteiger partial charge is 0.332 e. The van der Waals surface area contributed by atoms with E-state index in [9.17, 15) is 9.59 Å².